The fourth-order valence-electron chi connectivity index (χ4n) is 2.32. The zero-order chi connectivity index (χ0) is 14.1. The molecule has 20 heavy (non-hydrogen) atoms. The summed E-state index contributed by atoms with van der Waals surface area (Å²) in [6, 6.07) is 16.3. The number of halogens is 1. The smallest absolute Gasteiger partial charge is 0.238 e. The Hall–Kier alpha value is -1.26. The number of hydrogen-bond donors (Lipinski definition) is 0. The molecule has 3 rings (SSSR count). The van der Waals surface area contributed by atoms with E-state index in [0.29, 0.717) is 5.75 Å². The maximum atomic E-state index is 12.2. The van der Waals surface area contributed by atoms with Crippen LogP contribution >= 0.6 is 27.7 Å². The van der Waals surface area contributed by atoms with Gasteiger partial charge in [0.1, 0.15) is 5.37 Å². The first-order chi connectivity index (χ1) is 9.65. The van der Waals surface area contributed by atoms with Crippen molar-refractivity contribution in [2.45, 2.75) is 12.3 Å². The molecule has 0 N–H and O–H groups in total. The summed E-state index contributed by atoms with van der Waals surface area (Å²) >= 11 is 5.17. The van der Waals surface area contributed by atoms with Crippen LogP contribution in [0.4, 0.5) is 5.69 Å². The number of benzene rings is 2. The van der Waals surface area contributed by atoms with Crippen molar-refractivity contribution >= 4 is 39.3 Å². The zero-order valence-electron chi connectivity index (χ0n) is 11.0. The highest BCUT2D eigenvalue weighted by Crippen LogP contribution is 2.42. The van der Waals surface area contributed by atoms with Gasteiger partial charge in [-0.15, -0.1) is 11.8 Å². The molecule has 1 unspecified atom stereocenters. The van der Waals surface area contributed by atoms with E-state index in [1.165, 1.54) is 5.56 Å². The van der Waals surface area contributed by atoms with Gasteiger partial charge in [0.2, 0.25) is 5.91 Å². The molecular weight excluding hydrogens is 334 g/mol. The molecule has 1 atom stereocenters. The topological polar surface area (TPSA) is 20.3 Å². The Kier molecular flexibility index (Phi) is 3.85. The van der Waals surface area contributed by atoms with Gasteiger partial charge in [0.15, 0.2) is 0 Å². The third kappa shape index (κ3) is 2.63. The first-order valence-electron chi connectivity index (χ1n) is 6.41. The van der Waals surface area contributed by atoms with E-state index < -0.39 is 0 Å². The van der Waals surface area contributed by atoms with Gasteiger partial charge in [-0.05, 0) is 36.8 Å². The highest BCUT2D eigenvalue weighted by atomic mass is 79.9. The molecule has 2 aromatic rings. The van der Waals surface area contributed by atoms with Crippen LogP contribution in [0.2, 0.25) is 0 Å². The summed E-state index contributed by atoms with van der Waals surface area (Å²) in [5.41, 5.74) is 3.32. The predicted molar refractivity (Wildman–Crippen MR) is 88.0 cm³/mol. The van der Waals surface area contributed by atoms with E-state index in [-0.39, 0.29) is 11.3 Å². The summed E-state index contributed by atoms with van der Waals surface area (Å²) < 4.78 is 1.04. The van der Waals surface area contributed by atoms with Crippen LogP contribution in [0, 0.1) is 6.92 Å². The third-order valence-electron chi connectivity index (χ3n) is 3.31. The molecule has 1 aliphatic heterocycles. The first kappa shape index (κ1) is 13.7. The summed E-state index contributed by atoms with van der Waals surface area (Å²) in [6.07, 6.45) is 0. The molecule has 1 aliphatic rings. The number of rotatable bonds is 2. The van der Waals surface area contributed by atoms with Crippen molar-refractivity contribution in [3.63, 3.8) is 0 Å². The summed E-state index contributed by atoms with van der Waals surface area (Å²) in [7, 11) is 0. The highest BCUT2D eigenvalue weighted by Gasteiger charge is 2.33. The van der Waals surface area contributed by atoms with E-state index in [1.54, 1.807) is 11.8 Å². The van der Waals surface area contributed by atoms with E-state index in [2.05, 4.69) is 35.0 Å². The lowest BCUT2D eigenvalue weighted by Gasteiger charge is -2.24. The minimum atomic E-state index is 0.0581. The van der Waals surface area contributed by atoms with Gasteiger partial charge in [0.25, 0.3) is 0 Å². The van der Waals surface area contributed by atoms with Crippen LogP contribution in [0.1, 0.15) is 16.5 Å². The standard InChI is InChI=1S/C16H14BrNOS/c1-11-5-7-14(8-6-11)18-15(19)10-20-16(18)12-3-2-4-13(17)9-12/h2-9,16H,10H2,1H3. The number of anilines is 1. The Balaban J connectivity index is 1.98. The molecule has 0 aromatic heterocycles. The molecule has 0 bridgehead atoms. The maximum absolute atomic E-state index is 12.2. The van der Waals surface area contributed by atoms with Gasteiger partial charge in [0.05, 0.1) is 5.75 Å². The molecule has 1 saturated heterocycles. The number of carbonyl (C=O) groups excluding carboxylic acids is 1. The monoisotopic (exact) mass is 347 g/mol. The number of nitrogens with zero attached hydrogens (tertiary/aromatic N) is 1. The van der Waals surface area contributed by atoms with Crippen molar-refractivity contribution in [3.05, 3.63) is 64.1 Å². The Morgan fingerprint density at radius 1 is 1.20 bits per heavy atom. The quantitative estimate of drug-likeness (QED) is 0.794. The number of hydrogen-bond acceptors (Lipinski definition) is 2. The molecule has 0 radical (unpaired) electrons. The van der Waals surface area contributed by atoms with Crippen LogP contribution < -0.4 is 4.90 Å². The molecule has 0 spiro atoms. The number of amides is 1. The summed E-state index contributed by atoms with van der Waals surface area (Å²) in [5, 5.41) is 0.0581. The Morgan fingerprint density at radius 2 is 1.95 bits per heavy atom. The predicted octanol–water partition coefficient (Wildman–Crippen LogP) is 4.54. The fraction of sp³-hybridized carbons (Fsp3) is 0.188. The fourth-order valence-corrected chi connectivity index (χ4v) is 3.90. The lowest BCUT2D eigenvalue weighted by atomic mass is 10.1. The van der Waals surface area contributed by atoms with E-state index in [9.17, 15) is 4.79 Å². The summed E-state index contributed by atoms with van der Waals surface area (Å²) in [6.45, 7) is 2.05. The van der Waals surface area contributed by atoms with Gasteiger partial charge >= 0.3 is 0 Å². The van der Waals surface area contributed by atoms with Crippen LogP contribution in [0.3, 0.4) is 0 Å². The highest BCUT2D eigenvalue weighted by molar-refractivity contribution is 9.10. The van der Waals surface area contributed by atoms with E-state index in [1.807, 2.05) is 41.3 Å². The largest absolute Gasteiger partial charge is 0.295 e. The molecule has 0 saturated carbocycles. The maximum Gasteiger partial charge on any atom is 0.238 e. The van der Waals surface area contributed by atoms with Crippen molar-refractivity contribution in [1.82, 2.24) is 0 Å². The second-order valence-corrected chi connectivity index (χ2v) is 6.80. The molecule has 1 amide bonds. The van der Waals surface area contributed by atoms with Crippen molar-refractivity contribution < 1.29 is 4.79 Å². The van der Waals surface area contributed by atoms with Crippen molar-refractivity contribution in [2.24, 2.45) is 0 Å². The molecular formula is C16H14BrNOS. The number of carbonyl (C=O) groups is 1. The first-order valence-corrected chi connectivity index (χ1v) is 8.25. The van der Waals surface area contributed by atoms with Crippen LogP contribution in [0.25, 0.3) is 0 Å². The molecule has 1 fully saturated rings. The van der Waals surface area contributed by atoms with Gasteiger partial charge in [-0.25, -0.2) is 0 Å². The summed E-state index contributed by atoms with van der Waals surface area (Å²) in [5.74, 6) is 0.703. The molecule has 2 nitrogen and oxygen atoms in total. The Morgan fingerprint density at radius 3 is 2.65 bits per heavy atom. The van der Waals surface area contributed by atoms with Gasteiger partial charge in [-0.2, -0.15) is 0 Å². The second-order valence-electron chi connectivity index (χ2n) is 4.82. The van der Waals surface area contributed by atoms with Crippen LogP contribution in [-0.2, 0) is 4.79 Å². The summed E-state index contributed by atoms with van der Waals surface area (Å²) in [4.78, 5) is 14.1. The Bertz CT molecular complexity index is 641. The third-order valence-corrected chi connectivity index (χ3v) is 5.02. The lowest BCUT2D eigenvalue weighted by Crippen LogP contribution is -2.27. The van der Waals surface area contributed by atoms with E-state index in [4.69, 9.17) is 0 Å². The lowest BCUT2D eigenvalue weighted by molar-refractivity contribution is -0.115. The van der Waals surface area contributed by atoms with Gasteiger partial charge in [-0.3, -0.25) is 9.69 Å². The molecule has 1 heterocycles. The van der Waals surface area contributed by atoms with E-state index >= 15 is 0 Å². The molecule has 102 valence electrons. The molecule has 0 aliphatic carbocycles. The molecule has 2 aromatic carbocycles. The van der Waals surface area contributed by atoms with Gasteiger partial charge in [0, 0.05) is 10.2 Å². The second kappa shape index (κ2) is 5.62. The minimum Gasteiger partial charge on any atom is -0.295 e. The normalized spacial score (nSPS) is 18.6. The Labute approximate surface area is 131 Å². The average molecular weight is 348 g/mol. The van der Waals surface area contributed by atoms with Crippen LogP contribution in [0.15, 0.2) is 53.0 Å². The number of thioether (sulfide) groups is 1. The van der Waals surface area contributed by atoms with Crippen molar-refractivity contribution in [1.29, 1.82) is 0 Å². The van der Waals surface area contributed by atoms with Crippen molar-refractivity contribution in [3.8, 4) is 0 Å². The average Bonchev–Trinajstić information content (AvgIpc) is 2.82. The molecule has 4 heteroatoms. The zero-order valence-corrected chi connectivity index (χ0v) is 13.4. The minimum absolute atomic E-state index is 0.0581. The van der Waals surface area contributed by atoms with Gasteiger partial charge in [-0.1, -0.05) is 45.8 Å². The SMILES string of the molecule is Cc1ccc(N2C(=O)CSC2c2cccc(Br)c2)cc1. The van der Waals surface area contributed by atoms with E-state index in [0.717, 1.165) is 15.7 Å². The van der Waals surface area contributed by atoms with Gasteiger partial charge < -0.3 is 0 Å². The number of aryl methyl sites for hydroxylation is 1. The van der Waals surface area contributed by atoms with Crippen molar-refractivity contribution in [2.75, 3.05) is 10.7 Å². The van der Waals surface area contributed by atoms with Crippen LogP contribution in [-0.4, -0.2) is 11.7 Å². The van der Waals surface area contributed by atoms with Crippen LogP contribution in [0.5, 0.6) is 0 Å².